The van der Waals surface area contributed by atoms with Gasteiger partial charge in [-0.15, -0.1) is 12.4 Å². The van der Waals surface area contributed by atoms with Crippen LogP contribution in [0, 0.1) is 0 Å². The van der Waals surface area contributed by atoms with Crippen molar-refractivity contribution in [3.63, 3.8) is 0 Å². The van der Waals surface area contributed by atoms with E-state index in [9.17, 15) is 0 Å². The molecule has 0 amide bonds. The minimum Gasteiger partial charge on any atom is -0.496 e. The molecule has 0 radical (unpaired) electrons. The third-order valence-corrected chi connectivity index (χ3v) is 5.10. The molecular weight excluding hydrogens is 371 g/mol. The molecule has 1 aliphatic heterocycles. The van der Waals surface area contributed by atoms with E-state index in [4.69, 9.17) is 20.8 Å². The lowest BCUT2D eigenvalue weighted by Gasteiger charge is -2.34. The quantitative estimate of drug-likeness (QED) is 0.631. The van der Waals surface area contributed by atoms with E-state index >= 15 is 0 Å². The first-order valence-electron chi connectivity index (χ1n) is 8.47. The molecule has 26 heavy (non-hydrogen) atoms. The molecule has 6 heteroatoms. The molecule has 1 saturated heterocycles. The van der Waals surface area contributed by atoms with Crippen molar-refractivity contribution < 1.29 is 9.15 Å². The van der Waals surface area contributed by atoms with Crippen LogP contribution in [0.5, 0.6) is 5.75 Å². The number of anilines is 1. The minimum atomic E-state index is 0. The van der Waals surface area contributed by atoms with Gasteiger partial charge in [-0.2, -0.15) is 0 Å². The second-order valence-electron chi connectivity index (χ2n) is 6.39. The fraction of sp³-hybridized carbons (Fsp3) is 0.300. The van der Waals surface area contributed by atoms with Crippen molar-refractivity contribution in [1.82, 2.24) is 4.90 Å². The van der Waals surface area contributed by atoms with E-state index in [0.29, 0.717) is 10.6 Å². The summed E-state index contributed by atoms with van der Waals surface area (Å²) in [5.74, 6) is 1.64. The second-order valence-corrected chi connectivity index (χ2v) is 6.80. The van der Waals surface area contributed by atoms with Crippen LogP contribution in [0.4, 0.5) is 5.69 Å². The van der Waals surface area contributed by atoms with Crippen LogP contribution in [0.25, 0.3) is 22.3 Å². The molecule has 1 aromatic heterocycles. The van der Waals surface area contributed by atoms with Crippen molar-refractivity contribution in [3.05, 3.63) is 47.5 Å². The smallest absolute Gasteiger partial charge is 0.159 e. The molecule has 1 fully saturated rings. The lowest BCUT2D eigenvalue weighted by molar-refractivity contribution is 0.313. The van der Waals surface area contributed by atoms with Crippen molar-refractivity contribution in [2.75, 3.05) is 45.2 Å². The number of benzene rings is 2. The first kappa shape index (κ1) is 18.9. The van der Waals surface area contributed by atoms with Crippen molar-refractivity contribution in [2.24, 2.45) is 0 Å². The van der Waals surface area contributed by atoms with Crippen LogP contribution < -0.4 is 9.64 Å². The minimum absolute atomic E-state index is 0. The van der Waals surface area contributed by atoms with Gasteiger partial charge in [-0.25, -0.2) is 0 Å². The predicted octanol–water partition coefficient (Wildman–Crippen LogP) is 4.94. The number of piperazine rings is 1. The number of fused-ring (bicyclic) bond motifs is 1. The number of hydrogen-bond donors (Lipinski definition) is 0. The molecule has 0 atom stereocenters. The highest BCUT2D eigenvalue weighted by Crippen LogP contribution is 2.47. The summed E-state index contributed by atoms with van der Waals surface area (Å²) >= 11 is 6.44. The summed E-state index contributed by atoms with van der Waals surface area (Å²) in [4.78, 5) is 4.72. The molecule has 138 valence electrons. The molecule has 2 heterocycles. The Bertz CT molecular complexity index is 888. The van der Waals surface area contributed by atoms with Gasteiger partial charge in [-0.1, -0.05) is 41.9 Å². The SMILES string of the molecule is COc1ccc(Cl)c2oc(-c3ccccc3)c(N3CCN(C)CC3)c12.Cl. The Morgan fingerprint density at radius 1 is 1.00 bits per heavy atom. The molecule has 0 spiro atoms. The Kier molecular flexibility index (Phi) is 5.66. The monoisotopic (exact) mass is 392 g/mol. The lowest BCUT2D eigenvalue weighted by Crippen LogP contribution is -2.44. The van der Waals surface area contributed by atoms with Gasteiger partial charge in [0.15, 0.2) is 11.3 Å². The maximum Gasteiger partial charge on any atom is 0.159 e. The van der Waals surface area contributed by atoms with Gasteiger partial charge in [0.1, 0.15) is 5.75 Å². The lowest BCUT2D eigenvalue weighted by atomic mass is 10.1. The van der Waals surface area contributed by atoms with Crippen LogP contribution >= 0.6 is 24.0 Å². The molecule has 0 unspecified atom stereocenters. The predicted molar refractivity (Wildman–Crippen MR) is 110 cm³/mol. The van der Waals surface area contributed by atoms with Crippen LogP contribution in [0.2, 0.25) is 5.02 Å². The van der Waals surface area contributed by atoms with Gasteiger partial charge in [-0.05, 0) is 19.2 Å². The summed E-state index contributed by atoms with van der Waals surface area (Å²) in [5.41, 5.74) is 2.81. The molecule has 4 rings (SSSR count). The van der Waals surface area contributed by atoms with Gasteiger partial charge in [-0.3, -0.25) is 0 Å². The number of methoxy groups -OCH3 is 1. The van der Waals surface area contributed by atoms with E-state index in [1.807, 2.05) is 30.3 Å². The summed E-state index contributed by atoms with van der Waals surface area (Å²) in [6.07, 6.45) is 0. The number of hydrogen-bond acceptors (Lipinski definition) is 4. The molecule has 0 saturated carbocycles. The van der Waals surface area contributed by atoms with Gasteiger partial charge < -0.3 is 19.0 Å². The van der Waals surface area contributed by atoms with E-state index in [0.717, 1.165) is 54.3 Å². The number of likely N-dealkylation sites (N-methyl/N-ethyl adjacent to an activating group) is 1. The van der Waals surface area contributed by atoms with Crippen LogP contribution in [0.15, 0.2) is 46.9 Å². The Hall–Kier alpha value is -1.88. The van der Waals surface area contributed by atoms with Gasteiger partial charge in [0, 0.05) is 31.7 Å². The Balaban J connectivity index is 0.00000196. The number of rotatable bonds is 3. The third kappa shape index (κ3) is 3.25. The van der Waals surface area contributed by atoms with Crippen LogP contribution in [0.1, 0.15) is 0 Å². The summed E-state index contributed by atoms with van der Waals surface area (Å²) in [6.45, 7) is 3.93. The molecule has 1 aliphatic rings. The van der Waals surface area contributed by atoms with Crippen molar-refractivity contribution >= 4 is 40.7 Å². The number of furan rings is 1. The van der Waals surface area contributed by atoms with Crippen LogP contribution in [-0.2, 0) is 0 Å². The standard InChI is InChI=1S/C20H21ClN2O2.ClH/c1-22-10-12-23(13-11-22)18-17-16(24-2)9-8-15(21)20(17)25-19(18)14-6-4-3-5-7-14;/h3-9H,10-13H2,1-2H3;1H. The molecule has 3 aromatic rings. The fourth-order valence-electron chi connectivity index (χ4n) is 3.41. The first-order valence-corrected chi connectivity index (χ1v) is 8.84. The molecule has 0 aliphatic carbocycles. The summed E-state index contributed by atoms with van der Waals surface area (Å²) in [5, 5.41) is 1.56. The van der Waals surface area contributed by atoms with Gasteiger partial charge in [0.25, 0.3) is 0 Å². The maximum atomic E-state index is 6.44. The Morgan fingerprint density at radius 3 is 2.35 bits per heavy atom. The van der Waals surface area contributed by atoms with Crippen molar-refractivity contribution in [1.29, 1.82) is 0 Å². The summed E-state index contributed by atoms with van der Waals surface area (Å²) in [7, 11) is 3.84. The maximum absolute atomic E-state index is 6.44. The highest BCUT2D eigenvalue weighted by atomic mass is 35.5. The van der Waals surface area contributed by atoms with E-state index in [1.54, 1.807) is 7.11 Å². The van der Waals surface area contributed by atoms with Crippen molar-refractivity contribution in [3.8, 4) is 17.1 Å². The number of ether oxygens (including phenoxy) is 1. The molecule has 0 bridgehead atoms. The van der Waals surface area contributed by atoms with E-state index in [-0.39, 0.29) is 12.4 Å². The number of halogens is 2. The Morgan fingerprint density at radius 2 is 1.69 bits per heavy atom. The van der Waals surface area contributed by atoms with E-state index < -0.39 is 0 Å². The first-order chi connectivity index (χ1) is 12.2. The fourth-order valence-corrected chi connectivity index (χ4v) is 3.61. The molecular formula is C20H22Cl2N2O2. The largest absolute Gasteiger partial charge is 0.496 e. The zero-order chi connectivity index (χ0) is 17.4. The highest BCUT2D eigenvalue weighted by molar-refractivity contribution is 6.35. The van der Waals surface area contributed by atoms with Gasteiger partial charge >= 0.3 is 0 Å². The zero-order valence-corrected chi connectivity index (χ0v) is 16.4. The van der Waals surface area contributed by atoms with Gasteiger partial charge in [0.2, 0.25) is 0 Å². The topological polar surface area (TPSA) is 28.9 Å². The van der Waals surface area contributed by atoms with Crippen LogP contribution in [0.3, 0.4) is 0 Å². The highest BCUT2D eigenvalue weighted by Gasteiger charge is 2.27. The second kappa shape index (κ2) is 7.78. The normalized spacial score (nSPS) is 15.1. The van der Waals surface area contributed by atoms with Crippen molar-refractivity contribution in [2.45, 2.75) is 0 Å². The number of nitrogens with zero attached hydrogens (tertiary/aromatic N) is 2. The molecule has 0 N–H and O–H groups in total. The van der Waals surface area contributed by atoms with Gasteiger partial charge in [0.05, 0.1) is 23.2 Å². The Labute approximate surface area is 164 Å². The summed E-state index contributed by atoms with van der Waals surface area (Å²) < 4.78 is 11.9. The third-order valence-electron chi connectivity index (χ3n) is 4.80. The zero-order valence-electron chi connectivity index (χ0n) is 14.9. The molecule has 2 aromatic carbocycles. The molecule has 4 nitrogen and oxygen atoms in total. The summed E-state index contributed by atoms with van der Waals surface area (Å²) in [6, 6.07) is 13.9. The average molecular weight is 393 g/mol. The van der Waals surface area contributed by atoms with E-state index in [1.165, 1.54) is 0 Å². The van der Waals surface area contributed by atoms with E-state index in [2.05, 4.69) is 29.0 Å². The van der Waals surface area contributed by atoms with Crippen LogP contribution in [-0.4, -0.2) is 45.2 Å². The average Bonchev–Trinajstić information content (AvgIpc) is 3.05.